The van der Waals surface area contributed by atoms with E-state index in [1.54, 1.807) is 24.7 Å². The lowest BCUT2D eigenvalue weighted by molar-refractivity contribution is 0.0954. The molecule has 0 aliphatic carbocycles. The molecule has 1 aromatic carbocycles. The fraction of sp³-hybridized carbons (Fsp3) is 0.312. The summed E-state index contributed by atoms with van der Waals surface area (Å²) in [5.74, 6) is -0.766. The van der Waals surface area contributed by atoms with Gasteiger partial charge in [-0.1, -0.05) is 6.07 Å². The molecule has 0 spiro atoms. The number of carbonyl (C=O) groups excluding carboxylic acids is 1. The lowest BCUT2D eigenvalue weighted by Crippen LogP contribution is -2.29. The van der Waals surface area contributed by atoms with Gasteiger partial charge in [-0.2, -0.15) is 10.4 Å². The van der Waals surface area contributed by atoms with Gasteiger partial charge in [-0.05, 0) is 26.0 Å². The van der Waals surface area contributed by atoms with Gasteiger partial charge in [0.25, 0.3) is 5.91 Å². The van der Waals surface area contributed by atoms with Crippen molar-refractivity contribution < 1.29 is 9.18 Å². The fourth-order valence-electron chi connectivity index (χ4n) is 2.35. The first-order valence-corrected chi connectivity index (χ1v) is 7.16. The van der Waals surface area contributed by atoms with Gasteiger partial charge >= 0.3 is 0 Å². The molecule has 0 unspecified atom stereocenters. The highest BCUT2D eigenvalue weighted by molar-refractivity contribution is 5.96. The number of amides is 1. The molecule has 0 aliphatic heterocycles. The summed E-state index contributed by atoms with van der Waals surface area (Å²) in [5, 5.41) is 18.9. The Morgan fingerprint density at radius 3 is 2.74 bits per heavy atom. The van der Waals surface area contributed by atoms with Gasteiger partial charge < -0.3 is 10.6 Å². The summed E-state index contributed by atoms with van der Waals surface area (Å²) in [6.45, 7) is 4.33. The highest BCUT2D eigenvalue weighted by atomic mass is 19.1. The Kier molecular flexibility index (Phi) is 4.96. The van der Waals surface area contributed by atoms with Gasteiger partial charge in [-0.15, -0.1) is 0 Å². The van der Waals surface area contributed by atoms with Crippen LogP contribution in [0.4, 0.5) is 10.1 Å². The van der Waals surface area contributed by atoms with E-state index in [2.05, 4.69) is 15.7 Å². The number of hydrogen-bond donors (Lipinski definition) is 2. The zero-order valence-corrected chi connectivity index (χ0v) is 13.3. The topological polar surface area (TPSA) is 82.7 Å². The van der Waals surface area contributed by atoms with Gasteiger partial charge in [0, 0.05) is 25.8 Å². The molecule has 1 amide bonds. The second-order valence-corrected chi connectivity index (χ2v) is 5.13. The average Bonchev–Trinajstić information content (AvgIpc) is 2.76. The van der Waals surface area contributed by atoms with Gasteiger partial charge in [-0.3, -0.25) is 9.48 Å². The number of nitrogens with zero attached hydrogens (tertiary/aromatic N) is 3. The van der Waals surface area contributed by atoms with Crippen molar-refractivity contribution in [3.63, 3.8) is 0 Å². The fourth-order valence-corrected chi connectivity index (χ4v) is 2.35. The summed E-state index contributed by atoms with van der Waals surface area (Å²) in [4.78, 5) is 12.2. The number of benzene rings is 1. The van der Waals surface area contributed by atoms with E-state index < -0.39 is 5.82 Å². The molecule has 1 aromatic heterocycles. The van der Waals surface area contributed by atoms with Crippen molar-refractivity contribution in [1.82, 2.24) is 15.1 Å². The normalized spacial score (nSPS) is 10.2. The van der Waals surface area contributed by atoms with Crippen molar-refractivity contribution in [1.29, 1.82) is 5.26 Å². The number of carbonyl (C=O) groups is 1. The van der Waals surface area contributed by atoms with Crippen molar-refractivity contribution >= 4 is 11.6 Å². The van der Waals surface area contributed by atoms with Crippen LogP contribution in [0.3, 0.4) is 0 Å². The first-order valence-electron chi connectivity index (χ1n) is 7.16. The van der Waals surface area contributed by atoms with Crippen LogP contribution in [0.1, 0.15) is 27.3 Å². The third-order valence-electron chi connectivity index (χ3n) is 3.59. The molecular formula is C16H18FN5O. The smallest absolute Gasteiger partial charge is 0.255 e. The van der Waals surface area contributed by atoms with Crippen LogP contribution in [0.2, 0.25) is 0 Å². The van der Waals surface area contributed by atoms with Crippen LogP contribution in [0.15, 0.2) is 18.2 Å². The minimum absolute atomic E-state index is 0.0298. The molecule has 2 N–H and O–H groups in total. The lowest BCUT2D eigenvalue weighted by atomic mass is 10.2. The predicted octanol–water partition coefficient (Wildman–Crippen LogP) is 1.89. The van der Waals surface area contributed by atoms with Crippen LogP contribution in [-0.4, -0.2) is 28.8 Å². The molecule has 0 fully saturated rings. The molecule has 2 rings (SSSR count). The van der Waals surface area contributed by atoms with E-state index in [1.165, 1.54) is 12.1 Å². The molecule has 7 heteroatoms. The number of aromatic nitrogens is 2. The number of rotatable bonds is 5. The standard InChI is InChI=1S/C16H18FN5O/c1-10-15(11(2)22(3)21-10)16(23)20-8-7-19-14-6-4-5-13(17)12(14)9-18/h4-6,19H,7-8H2,1-3H3,(H,20,23). The molecule has 0 saturated carbocycles. The Balaban J connectivity index is 1.93. The first kappa shape index (κ1) is 16.5. The van der Waals surface area contributed by atoms with Crippen LogP contribution >= 0.6 is 0 Å². The molecule has 6 nitrogen and oxygen atoms in total. The van der Waals surface area contributed by atoms with Gasteiger partial charge in [0.2, 0.25) is 0 Å². The summed E-state index contributed by atoms with van der Waals surface area (Å²) in [6.07, 6.45) is 0. The quantitative estimate of drug-likeness (QED) is 0.825. The minimum Gasteiger partial charge on any atom is -0.382 e. The molecule has 120 valence electrons. The largest absolute Gasteiger partial charge is 0.382 e. The third-order valence-corrected chi connectivity index (χ3v) is 3.59. The van der Waals surface area contributed by atoms with Gasteiger partial charge in [0.15, 0.2) is 0 Å². The molecule has 0 radical (unpaired) electrons. The van der Waals surface area contributed by atoms with E-state index in [-0.39, 0.29) is 11.5 Å². The minimum atomic E-state index is -0.567. The highest BCUT2D eigenvalue weighted by Gasteiger charge is 2.16. The van der Waals surface area contributed by atoms with Crippen molar-refractivity contribution in [2.45, 2.75) is 13.8 Å². The van der Waals surface area contributed by atoms with E-state index in [4.69, 9.17) is 5.26 Å². The zero-order valence-electron chi connectivity index (χ0n) is 13.3. The van der Waals surface area contributed by atoms with E-state index in [0.29, 0.717) is 30.0 Å². The van der Waals surface area contributed by atoms with Crippen molar-refractivity contribution in [2.24, 2.45) is 7.05 Å². The van der Waals surface area contributed by atoms with Crippen LogP contribution in [0.25, 0.3) is 0 Å². The highest BCUT2D eigenvalue weighted by Crippen LogP contribution is 2.17. The Hall–Kier alpha value is -2.88. The van der Waals surface area contributed by atoms with E-state index >= 15 is 0 Å². The summed E-state index contributed by atoms with van der Waals surface area (Å²) >= 11 is 0. The molecule has 2 aromatic rings. The Bertz CT molecular complexity index is 776. The monoisotopic (exact) mass is 315 g/mol. The van der Waals surface area contributed by atoms with Crippen LogP contribution in [0.5, 0.6) is 0 Å². The summed E-state index contributed by atoms with van der Waals surface area (Å²) in [5.41, 5.74) is 2.42. The van der Waals surface area contributed by atoms with E-state index in [1.807, 2.05) is 13.0 Å². The summed E-state index contributed by atoms with van der Waals surface area (Å²) < 4.78 is 15.1. The summed E-state index contributed by atoms with van der Waals surface area (Å²) in [6, 6.07) is 6.21. The molecule has 0 saturated heterocycles. The number of halogens is 1. The Morgan fingerprint density at radius 1 is 1.39 bits per heavy atom. The van der Waals surface area contributed by atoms with Crippen LogP contribution < -0.4 is 10.6 Å². The van der Waals surface area contributed by atoms with E-state index in [0.717, 1.165) is 5.69 Å². The molecule has 0 bridgehead atoms. The molecule has 23 heavy (non-hydrogen) atoms. The van der Waals surface area contributed by atoms with Gasteiger partial charge in [0.1, 0.15) is 17.4 Å². The molecular weight excluding hydrogens is 297 g/mol. The van der Waals surface area contributed by atoms with Crippen LogP contribution in [-0.2, 0) is 7.05 Å². The molecule has 0 aliphatic rings. The van der Waals surface area contributed by atoms with E-state index in [9.17, 15) is 9.18 Å². The Morgan fingerprint density at radius 2 is 2.13 bits per heavy atom. The van der Waals surface area contributed by atoms with Gasteiger partial charge in [0.05, 0.1) is 16.9 Å². The first-order chi connectivity index (χ1) is 11.0. The Labute approximate surface area is 133 Å². The SMILES string of the molecule is Cc1nn(C)c(C)c1C(=O)NCCNc1cccc(F)c1C#N. The maximum absolute atomic E-state index is 13.5. The van der Waals surface area contributed by atoms with Crippen LogP contribution in [0, 0.1) is 31.0 Å². The number of aryl methyl sites for hydroxylation is 2. The maximum Gasteiger partial charge on any atom is 0.255 e. The molecule has 0 atom stereocenters. The molecule has 1 heterocycles. The second-order valence-electron chi connectivity index (χ2n) is 5.13. The summed E-state index contributed by atoms with van der Waals surface area (Å²) in [7, 11) is 1.79. The lowest BCUT2D eigenvalue weighted by Gasteiger charge is -2.10. The van der Waals surface area contributed by atoms with Crippen molar-refractivity contribution in [3.8, 4) is 6.07 Å². The number of anilines is 1. The van der Waals surface area contributed by atoms with Crippen molar-refractivity contribution in [3.05, 3.63) is 46.5 Å². The number of hydrogen-bond acceptors (Lipinski definition) is 4. The average molecular weight is 315 g/mol. The maximum atomic E-state index is 13.5. The second kappa shape index (κ2) is 6.92. The van der Waals surface area contributed by atoms with Gasteiger partial charge in [-0.25, -0.2) is 4.39 Å². The zero-order chi connectivity index (χ0) is 17.0. The predicted molar refractivity (Wildman–Crippen MR) is 84.6 cm³/mol. The number of nitrogens with one attached hydrogen (secondary N) is 2. The third kappa shape index (κ3) is 3.48. The number of nitriles is 1. The van der Waals surface area contributed by atoms with Crippen molar-refractivity contribution in [2.75, 3.05) is 18.4 Å².